The number of benzene rings is 3. The van der Waals surface area contributed by atoms with Crippen LogP contribution in [0.4, 0.5) is 0 Å². The van der Waals surface area contributed by atoms with Gasteiger partial charge in [-0.05, 0) is 73.5 Å². The highest BCUT2D eigenvalue weighted by Crippen LogP contribution is 2.29. The van der Waals surface area contributed by atoms with Gasteiger partial charge in [0.15, 0.2) is 11.5 Å². The number of hydrogen-bond acceptors (Lipinski definition) is 5. The Morgan fingerprint density at radius 3 is 2.53 bits per heavy atom. The molecule has 2 heterocycles. The zero-order valence-corrected chi connectivity index (χ0v) is 21.9. The normalized spacial score (nSPS) is 10.9. The van der Waals surface area contributed by atoms with Crippen molar-refractivity contribution >= 4 is 17.5 Å². The molecule has 1 N–H and O–H groups in total. The minimum atomic E-state index is -0.341. The van der Waals surface area contributed by atoms with E-state index in [4.69, 9.17) is 26.0 Å². The first-order valence-electron chi connectivity index (χ1n) is 12.4. The van der Waals surface area contributed by atoms with Crippen LogP contribution in [0.5, 0.6) is 5.75 Å². The van der Waals surface area contributed by atoms with Crippen LogP contribution in [0.2, 0.25) is 5.02 Å². The number of hydrogen-bond donors (Lipinski definition) is 1. The van der Waals surface area contributed by atoms with Crippen molar-refractivity contribution in [1.29, 1.82) is 0 Å². The lowest BCUT2D eigenvalue weighted by Crippen LogP contribution is -2.23. The third kappa shape index (κ3) is 5.63. The molecule has 0 aliphatic rings. The van der Waals surface area contributed by atoms with Crippen molar-refractivity contribution in [2.75, 3.05) is 6.61 Å². The number of halogens is 1. The topological polar surface area (TPSA) is 82.2 Å². The van der Waals surface area contributed by atoms with Gasteiger partial charge in [0, 0.05) is 40.5 Å². The molecule has 0 bridgehead atoms. The lowest BCUT2D eigenvalue weighted by molar-refractivity contribution is 0.0942. The summed E-state index contributed by atoms with van der Waals surface area (Å²) in [6.07, 6.45) is 2.88. The van der Waals surface area contributed by atoms with E-state index in [0.29, 0.717) is 17.4 Å². The summed E-state index contributed by atoms with van der Waals surface area (Å²) in [6.45, 7) is 5.03. The molecule has 0 spiro atoms. The van der Waals surface area contributed by atoms with Gasteiger partial charge >= 0.3 is 0 Å². The number of ether oxygens (including phenoxy) is 1. The fourth-order valence-electron chi connectivity index (χ4n) is 4.06. The van der Waals surface area contributed by atoms with Gasteiger partial charge in [0.1, 0.15) is 5.75 Å². The number of nitrogens with one attached hydrogen (secondary N) is 1. The van der Waals surface area contributed by atoms with Crippen LogP contribution in [0.25, 0.3) is 28.3 Å². The molecule has 7 nitrogen and oxygen atoms in total. The number of aromatic nitrogens is 3. The number of nitrogens with zero attached hydrogens (tertiary/aromatic N) is 3. The third-order valence-electron chi connectivity index (χ3n) is 6.03. The van der Waals surface area contributed by atoms with E-state index >= 15 is 0 Å². The van der Waals surface area contributed by atoms with E-state index in [9.17, 15) is 4.79 Å². The molecule has 0 fully saturated rings. The number of para-hydroxylation sites is 1. The number of amides is 1. The summed E-state index contributed by atoms with van der Waals surface area (Å²) in [5.41, 5.74) is 5.52. The molecule has 192 valence electrons. The summed E-state index contributed by atoms with van der Waals surface area (Å²) in [7, 11) is 0. The van der Waals surface area contributed by atoms with Crippen molar-refractivity contribution in [3.8, 4) is 34.0 Å². The number of carbonyl (C=O) groups excluding carboxylic acids is 1. The van der Waals surface area contributed by atoms with Crippen molar-refractivity contribution in [3.05, 3.63) is 107 Å². The molecule has 0 atom stereocenters. The largest absolute Gasteiger partial charge is 0.493 e. The summed E-state index contributed by atoms with van der Waals surface area (Å²) < 4.78 is 13.1. The maximum absolute atomic E-state index is 12.9. The van der Waals surface area contributed by atoms with E-state index in [0.717, 1.165) is 45.8 Å². The first-order chi connectivity index (χ1) is 18.5. The van der Waals surface area contributed by atoms with Crippen molar-refractivity contribution in [2.45, 2.75) is 26.8 Å². The maximum Gasteiger partial charge on any atom is 0.273 e. The summed E-state index contributed by atoms with van der Waals surface area (Å²) in [5, 5.41) is 12.4. The van der Waals surface area contributed by atoms with Crippen LogP contribution in [-0.4, -0.2) is 27.5 Å². The van der Waals surface area contributed by atoms with Gasteiger partial charge in [-0.15, -0.1) is 0 Å². The summed E-state index contributed by atoms with van der Waals surface area (Å²) in [4.78, 5) is 12.9. The molecule has 3 aromatic carbocycles. The predicted molar refractivity (Wildman–Crippen MR) is 148 cm³/mol. The minimum Gasteiger partial charge on any atom is -0.493 e. The van der Waals surface area contributed by atoms with Gasteiger partial charge in [-0.1, -0.05) is 41.9 Å². The zero-order chi connectivity index (χ0) is 26.5. The van der Waals surface area contributed by atoms with Crippen molar-refractivity contribution in [1.82, 2.24) is 20.3 Å². The quantitative estimate of drug-likeness (QED) is 0.226. The van der Waals surface area contributed by atoms with Crippen LogP contribution < -0.4 is 10.1 Å². The van der Waals surface area contributed by atoms with E-state index in [-0.39, 0.29) is 18.1 Å². The van der Waals surface area contributed by atoms with Crippen LogP contribution >= 0.6 is 11.6 Å². The van der Waals surface area contributed by atoms with Gasteiger partial charge in [-0.2, -0.15) is 5.10 Å². The molecule has 5 aromatic rings. The Morgan fingerprint density at radius 1 is 1.03 bits per heavy atom. The van der Waals surface area contributed by atoms with E-state index in [2.05, 4.69) is 23.5 Å². The molecule has 0 saturated carbocycles. The van der Waals surface area contributed by atoms with Gasteiger partial charge in [-0.25, -0.2) is 4.68 Å². The van der Waals surface area contributed by atoms with Gasteiger partial charge in [0.05, 0.1) is 18.0 Å². The smallest absolute Gasteiger partial charge is 0.273 e. The highest BCUT2D eigenvalue weighted by molar-refractivity contribution is 6.30. The van der Waals surface area contributed by atoms with Crippen LogP contribution in [-0.2, 0) is 6.54 Å². The number of aryl methyl sites for hydroxylation is 1. The Hall–Kier alpha value is -4.36. The molecule has 38 heavy (non-hydrogen) atoms. The van der Waals surface area contributed by atoms with Crippen LogP contribution in [0.1, 0.15) is 35.0 Å². The van der Waals surface area contributed by atoms with Crippen molar-refractivity contribution in [2.24, 2.45) is 0 Å². The second kappa shape index (κ2) is 11.4. The van der Waals surface area contributed by atoms with E-state index < -0.39 is 0 Å². The summed E-state index contributed by atoms with van der Waals surface area (Å²) in [6, 6.07) is 24.7. The Morgan fingerprint density at radius 2 is 1.79 bits per heavy atom. The molecule has 0 aliphatic heterocycles. The summed E-state index contributed by atoms with van der Waals surface area (Å²) >= 11 is 5.97. The van der Waals surface area contributed by atoms with Crippen molar-refractivity contribution in [3.63, 3.8) is 0 Å². The Kier molecular flexibility index (Phi) is 7.56. The number of rotatable bonds is 9. The van der Waals surface area contributed by atoms with Gasteiger partial charge in [0.25, 0.3) is 5.91 Å². The Labute approximate surface area is 226 Å². The molecule has 0 unspecified atom stereocenters. The van der Waals surface area contributed by atoms with Gasteiger partial charge in [-0.3, -0.25) is 4.79 Å². The molecule has 1 amide bonds. The van der Waals surface area contributed by atoms with Crippen LogP contribution in [0, 0.1) is 6.92 Å². The summed E-state index contributed by atoms with van der Waals surface area (Å²) in [5.74, 6) is 1.01. The Balaban J connectivity index is 1.39. The zero-order valence-electron chi connectivity index (χ0n) is 21.1. The second-order valence-corrected chi connectivity index (χ2v) is 9.31. The average molecular weight is 527 g/mol. The molecule has 0 radical (unpaired) electrons. The second-order valence-electron chi connectivity index (χ2n) is 8.88. The molecule has 0 aliphatic carbocycles. The SMILES string of the molecule is CCCOc1ccc(-c2nn(-c3ccccc3)cc2CNC(=O)c2cc(-c3ccc(Cl)cc3)on2)cc1C. The molecule has 8 heteroatoms. The lowest BCUT2D eigenvalue weighted by Gasteiger charge is -2.10. The molecule has 0 saturated heterocycles. The first-order valence-corrected chi connectivity index (χ1v) is 12.8. The predicted octanol–water partition coefficient (Wildman–Crippen LogP) is 6.87. The fourth-order valence-corrected chi connectivity index (χ4v) is 4.19. The Bertz CT molecular complexity index is 1540. The molecule has 5 rings (SSSR count). The lowest BCUT2D eigenvalue weighted by atomic mass is 10.0. The molecule has 2 aromatic heterocycles. The average Bonchev–Trinajstić information content (AvgIpc) is 3.60. The molecular weight excluding hydrogens is 500 g/mol. The van der Waals surface area contributed by atoms with Crippen LogP contribution in [0.3, 0.4) is 0 Å². The first kappa shape index (κ1) is 25.3. The minimum absolute atomic E-state index is 0.195. The van der Waals surface area contributed by atoms with E-state index in [1.807, 2.05) is 72.4 Å². The van der Waals surface area contributed by atoms with Gasteiger partial charge in [0.2, 0.25) is 0 Å². The standard InChI is InChI=1S/C30H27ClN4O3/c1-3-15-37-27-14-11-22(16-20(27)2)29-23(19-35(33-29)25-7-5-4-6-8-25)18-32-30(36)26-17-28(38-34-26)21-9-12-24(31)13-10-21/h4-14,16-17,19H,3,15,18H2,1-2H3,(H,32,36). The van der Waals surface area contributed by atoms with Crippen molar-refractivity contribution < 1.29 is 14.1 Å². The fraction of sp³-hybridized carbons (Fsp3) is 0.167. The van der Waals surface area contributed by atoms with E-state index in [1.54, 1.807) is 18.2 Å². The highest BCUT2D eigenvalue weighted by Gasteiger charge is 2.17. The maximum atomic E-state index is 12.9. The van der Waals surface area contributed by atoms with Crippen LogP contribution in [0.15, 0.2) is 89.6 Å². The third-order valence-corrected chi connectivity index (χ3v) is 6.28. The monoisotopic (exact) mass is 526 g/mol. The highest BCUT2D eigenvalue weighted by atomic mass is 35.5. The molecular formula is C30H27ClN4O3. The number of carbonyl (C=O) groups is 1. The van der Waals surface area contributed by atoms with E-state index in [1.165, 1.54) is 0 Å². The van der Waals surface area contributed by atoms with Gasteiger partial charge < -0.3 is 14.6 Å².